The molecule has 0 saturated carbocycles. The van der Waals surface area contributed by atoms with Gasteiger partial charge in [-0.05, 0) is 30.2 Å². The quantitative estimate of drug-likeness (QED) is 0.810. The van der Waals surface area contributed by atoms with E-state index in [1.165, 1.54) is 0 Å². The first-order valence-electron chi connectivity index (χ1n) is 6.48. The molecule has 7 heteroatoms. The summed E-state index contributed by atoms with van der Waals surface area (Å²) in [6.07, 6.45) is 0.539. The maximum atomic E-state index is 12.0. The Bertz CT molecular complexity index is 671. The molecule has 0 bridgehead atoms. The van der Waals surface area contributed by atoms with Crippen LogP contribution in [0.1, 0.15) is 17.3 Å². The molecule has 1 atom stereocenters. The predicted molar refractivity (Wildman–Crippen MR) is 73.0 cm³/mol. The van der Waals surface area contributed by atoms with Crippen LogP contribution in [0.3, 0.4) is 0 Å². The van der Waals surface area contributed by atoms with E-state index in [0.717, 1.165) is 11.3 Å². The Morgan fingerprint density at radius 2 is 2.33 bits per heavy atom. The number of aromatic nitrogens is 2. The number of carbonyl (C=O) groups is 1. The largest absolute Gasteiger partial charge is 0.492 e. The van der Waals surface area contributed by atoms with Crippen LogP contribution in [0.4, 0.5) is 0 Å². The highest BCUT2D eigenvalue weighted by Crippen LogP contribution is 2.30. The number of hydrogen-bond donors (Lipinski definition) is 0. The average molecular weight is 309 g/mol. The van der Waals surface area contributed by atoms with Gasteiger partial charge < -0.3 is 13.9 Å². The van der Waals surface area contributed by atoms with E-state index in [1.54, 1.807) is 25.1 Å². The topological polar surface area (TPSA) is 74.5 Å². The number of fused-ring (bicyclic) bond motifs is 1. The van der Waals surface area contributed by atoms with Crippen molar-refractivity contribution in [3.8, 4) is 5.75 Å². The van der Waals surface area contributed by atoms with Crippen molar-refractivity contribution in [2.45, 2.75) is 20.0 Å². The Morgan fingerprint density at radius 3 is 3.10 bits per heavy atom. The Morgan fingerprint density at radius 1 is 1.48 bits per heavy atom. The molecule has 2 aromatic rings. The first-order chi connectivity index (χ1) is 10.1. The zero-order chi connectivity index (χ0) is 14.8. The standard InChI is InChI=1S/C14H13ClN2O4/c1-8-16-17-13(21-8)7-20-14(18)10-4-9-5-11(15)2-3-12(9)19-6-10/h2-3,5,10H,4,6-7H2,1H3. The second kappa shape index (κ2) is 5.73. The lowest BCUT2D eigenvalue weighted by atomic mass is 9.97. The highest BCUT2D eigenvalue weighted by atomic mass is 35.5. The van der Waals surface area contributed by atoms with Gasteiger partial charge in [0.05, 0.1) is 5.92 Å². The van der Waals surface area contributed by atoms with E-state index in [1.807, 2.05) is 0 Å². The van der Waals surface area contributed by atoms with Gasteiger partial charge in [-0.2, -0.15) is 0 Å². The van der Waals surface area contributed by atoms with Gasteiger partial charge in [0.15, 0.2) is 6.61 Å². The fraction of sp³-hybridized carbons (Fsp3) is 0.357. The Labute approximate surface area is 126 Å². The van der Waals surface area contributed by atoms with E-state index in [2.05, 4.69) is 10.2 Å². The number of ether oxygens (including phenoxy) is 2. The summed E-state index contributed by atoms with van der Waals surface area (Å²) in [5, 5.41) is 8.06. The second-order valence-electron chi connectivity index (χ2n) is 4.79. The summed E-state index contributed by atoms with van der Waals surface area (Å²) in [4.78, 5) is 12.0. The maximum Gasteiger partial charge on any atom is 0.313 e. The molecular formula is C14H13ClN2O4. The van der Waals surface area contributed by atoms with Crippen LogP contribution in [-0.4, -0.2) is 22.8 Å². The molecule has 1 aliphatic rings. The SMILES string of the molecule is Cc1nnc(COC(=O)C2COc3ccc(Cl)cc3C2)o1. The van der Waals surface area contributed by atoms with Gasteiger partial charge in [0, 0.05) is 11.9 Å². The first kappa shape index (κ1) is 13.9. The zero-order valence-electron chi connectivity index (χ0n) is 11.3. The summed E-state index contributed by atoms with van der Waals surface area (Å²) < 4.78 is 15.9. The number of carbonyl (C=O) groups excluding carboxylic acids is 1. The van der Waals surface area contributed by atoms with Gasteiger partial charge in [-0.1, -0.05) is 11.6 Å². The van der Waals surface area contributed by atoms with Gasteiger partial charge >= 0.3 is 5.97 Å². The minimum Gasteiger partial charge on any atom is -0.492 e. The summed E-state index contributed by atoms with van der Waals surface area (Å²) in [6.45, 7) is 1.93. The van der Waals surface area contributed by atoms with Gasteiger partial charge in [0.2, 0.25) is 5.89 Å². The monoisotopic (exact) mass is 308 g/mol. The number of nitrogens with zero attached hydrogens (tertiary/aromatic N) is 2. The Balaban J connectivity index is 1.61. The smallest absolute Gasteiger partial charge is 0.313 e. The third-order valence-corrected chi connectivity index (χ3v) is 3.40. The van der Waals surface area contributed by atoms with Crippen LogP contribution in [0.15, 0.2) is 22.6 Å². The lowest BCUT2D eigenvalue weighted by Gasteiger charge is -2.23. The molecule has 0 N–H and O–H groups in total. The van der Waals surface area contributed by atoms with Crippen molar-refractivity contribution in [3.05, 3.63) is 40.6 Å². The van der Waals surface area contributed by atoms with Gasteiger partial charge in [0.25, 0.3) is 5.89 Å². The van der Waals surface area contributed by atoms with Crippen molar-refractivity contribution < 1.29 is 18.7 Å². The molecule has 2 heterocycles. The molecule has 0 radical (unpaired) electrons. The van der Waals surface area contributed by atoms with Gasteiger partial charge in [-0.25, -0.2) is 0 Å². The van der Waals surface area contributed by atoms with Crippen LogP contribution in [0.25, 0.3) is 0 Å². The molecule has 0 saturated heterocycles. The highest BCUT2D eigenvalue weighted by molar-refractivity contribution is 6.30. The summed E-state index contributed by atoms with van der Waals surface area (Å²) in [5.74, 6) is 0.763. The van der Waals surface area contributed by atoms with Crippen LogP contribution >= 0.6 is 11.6 Å². The molecule has 0 aliphatic carbocycles. The first-order valence-corrected chi connectivity index (χ1v) is 6.86. The van der Waals surface area contributed by atoms with Crippen molar-refractivity contribution in [2.24, 2.45) is 5.92 Å². The summed E-state index contributed by atoms with van der Waals surface area (Å²) in [7, 11) is 0. The summed E-state index contributed by atoms with van der Waals surface area (Å²) in [5.41, 5.74) is 0.907. The number of aryl methyl sites for hydroxylation is 1. The van der Waals surface area contributed by atoms with E-state index in [-0.39, 0.29) is 31.0 Å². The van der Waals surface area contributed by atoms with Crippen LogP contribution in [0, 0.1) is 12.8 Å². The maximum absolute atomic E-state index is 12.0. The molecule has 0 amide bonds. The number of halogens is 1. The lowest BCUT2D eigenvalue weighted by Crippen LogP contribution is -2.29. The molecule has 21 heavy (non-hydrogen) atoms. The lowest BCUT2D eigenvalue weighted by molar-refractivity contribution is -0.152. The zero-order valence-corrected chi connectivity index (χ0v) is 12.1. The van der Waals surface area contributed by atoms with E-state index < -0.39 is 0 Å². The van der Waals surface area contributed by atoms with E-state index in [4.69, 9.17) is 25.5 Å². The molecule has 6 nitrogen and oxygen atoms in total. The normalized spacial score (nSPS) is 17.0. The fourth-order valence-corrected chi connectivity index (χ4v) is 2.36. The van der Waals surface area contributed by atoms with Gasteiger partial charge in [-0.3, -0.25) is 4.79 Å². The number of rotatable bonds is 3. The van der Waals surface area contributed by atoms with E-state index in [9.17, 15) is 4.79 Å². The molecule has 1 aliphatic heterocycles. The second-order valence-corrected chi connectivity index (χ2v) is 5.22. The van der Waals surface area contributed by atoms with Gasteiger partial charge in [-0.15, -0.1) is 10.2 Å². The highest BCUT2D eigenvalue weighted by Gasteiger charge is 2.27. The molecular weight excluding hydrogens is 296 g/mol. The van der Waals surface area contributed by atoms with Crippen LogP contribution in [-0.2, 0) is 22.6 Å². The van der Waals surface area contributed by atoms with Crippen LogP contribution in [0.5, 0.6) is 5.75 Å². The average Bonchev–Trinajstić information content (AvgIpc) is 2.89. The molecule has 1 aromatic heterocycles. The summed E-state index contributed by atoms with van der Waals surface area (Å²) >= 11 is 5.95. The minimum atomic E-state index is -0.361. The minimum absolute atomic E-state index is 0.0292. The van der Waals surface area contributed by atoms with Crippen molar-refractivity contribution in [3.63, 3.8) is 0 Å². The van der Waals surface area contributed by atoms with Gasteiger partial charge in [0.1, 0.15) is 12.4 Å². The molecule has 1 unspecified atom stereocenters. The Hall–Kier alpha value is -2.08. The van der Waals surface area contributed by atoms with E-state index >= 15 is 0 Å². The molecule has 1 aromatic carbocycles. The van der Waals surface area contributed by atoms with E-state index in [0.29, 0.717) is 17.3 Å². The molecule has 3 rings (SSSR count). The van der Waals surface area contributed by atoms with Crippen molar-refractivity contribution >= 4 is 17.6 Å². The van der Waals surface area contributed by atoms with Crippen molar-refractivity contribution in [1.29, 1.82) is 0 Å². The third-order valence-electron chi connectivity index (χ3n) is 3.17. The molecule has 110 valence electrons. The molecule has 0 spiro atoms. The molecule has 0 fully saturated rings. The van der Waals surface area contributed by atoms with Crippen LogP contribution < -0.4 is 4.74 Å². The Kier molecular flexibility index (Phi) is 3.79. The predicted octanol–water partition coefficient (Wildman–Crippen LogP) is 2.33. The number of esters is 1. The summed E-state index contributed by atoms with van der Waals surface area (Å²) in [6, 6.07) is 5.37. The number of benzene rings is 1. The number of hydrogen-bond acceptors (Lipinski definition) is 6. The van der Waals surface area contributed by atoms with Crippen molar-refractivity contribution in [1.82, 2.24) is 10.2 Å². The van der Waals surface area contributed by atoms with Crippen molar-refractivity contribution in [2.75, 3.05) is 6.61 Å². The van der Waals surface area contributed by atoms with Crippen LogP contribution in [0.2, 0.25) is 5.02 Å². The third kappa shape index (κ3) is 3.16. The fourth-order valence-electron chi connectivity index (χ4n) is 2.16.